The zero-order valence-electron chi connectivity index (χ0n) is 14.4. The maximum absolute atomic E-state index is 12.7. The van der Waals surface area contributed by atoms with E-state index in [2.05, 4.69) is 4.98 Å². The minimum absolute atomic E-state index is 0.0691. The Labute approximate surface area is 150 Å². The monoisotopic (exact) mass is 355 g/mol. The van der Waals surface area contributed by atoms with Gasteiger partial charge in [0.1, 0.15) is 5.69 Å². The van der Waals surface area contributed by atoms with E-state index in [0.29, 0.717) is 44.7 Å². The number of aromatic amines is 1. The second-order valence-corrected chi connectivity index (χ2v) is 7.02. The molecule has 1 aliphatic carbocycles. The number of carbonyl (C=O) groups excluding carboxylic acids is 2. The lowest BCUT2D eigenvalue weighted by Gasteiger charge is -2.40. The number of aromatic nitrogens is 1. The summed E-state index contributed by atoms with van der Waals surface area (Å²) in [6, 6.07) is 9.58. The van der Waals surface area contributed by atoms with E-state index in [1.807, 2.05) is 30.3 Å². The number of para-hydroxylation sites is 1. The minimum Gasteiger partial charge on any atom is -0.481 e. The molecule has 2 atom stereocenters. The SMILES string of the molecule is O=C(O)C1CCC1C(=O)N1CCN(C(=O)c2cc3ccccc3[nH]2)CC1. The number of carboxylic acids is 1. The predicted octanol–water partition coefficient (Wildman–Crippen LogP) is 1.56. The van der Waals surface area contributed by atoms with Crippen LogP contribution < -0.4 is 0 Å². The van der Waals surface area contributed by atoms with Gasteiger partial charge in [0.15, 0.2) is 0 Å². The zero-order chi connectivity index (χ0) is 18.3. The Morgan fingerprint density at radius 3 is 2.23 bits per heavy atom. The Morgan fingerprint density at radius 1 is 0.962 bits per heavy atom. The molecule has 0 spiro atoms. The molecule has 7 heteroatoms. The molecule has 7 nitrogen and oxygen atoms in total. The van der Waals surface area contributed by atoms with Crippen LogP contribution in [0.25, 0.3) is 10.9 Å². The summed E-state index contributed by atoms with van der Waals surface area (Å²) in [5, 5.41) is 10.1. The smallest absolute Gasteiger partial charge is 0.307 e. The Hall–Kier alpha value is -2.83. The topological polar surface area (TPSA) is 93.7 Å². The van der Waals surface area contributed by atoms with Crippen LogP contribution in [0.1, 0.15) is 23.3 Å². The molecule has 1 aromatic carbocycles. The molecule has 136 valence electrons. The van der Waals surface area contributed by atoms with Crippen LogP contribution in [0.5, 0.6) is 0 Å². The lowest BCUT2D eigenvalue weighted by Crippen LogP contribution is -2.54. The van der Waals surface area contributed by atoms with E-state index in [1.54, 1.807) is 9.80 Å². The Bertz CT molecular complexity index is 834. The van der Waals surface area contributed by atoms with Crippen molar-refractivity contribution in [3.63, 3.8) is 0 Å². The number of hydrogen-bond donors (Lipinski definition) is 2. The maximum Gasteiger partial charge on any atom is 0.307 e. The third-order valence-electron chi connectivity index (χ3n) is 5.55. The molecule has 4 rings (SSSR count). The van der Waals surface area contributed by atoms with Crippen LogP contribution in [0.4, 0.5) is 0 Å². The fraction of sp³-hybridized carbons (Fsp3) is 0.421. The highest BCUT2D eigenvalue weighted by Gasteiger charge is 2.43. The van der Waals surface area contributed by atoms with Crippen LogP contribution in [0.3, 0.4) is 0 Å². The molecule has 26 heavy (non-hydrogen) atoms. The van der Waals surface area contributed by atoms with Gasteiger partial charge >= 0.3 is 5.97 Å². The molecule has 1 saturated heterocycles. The summed E-state index contributed by atoms with van der Waals surface area (Å²) in [6.07, 6.45) is 1.22. The highest BCUT2D eigenvalue weighted by molar-refractivity contribution is 5.98. The number of amides is 2. The summed E-state index contributed by atoms with van der Waals surface area (Å²) < 4.78 is 0. The van der Waals surface area contributed by atoms with E-state index < -0.39 is 17.8 Å². The van der Waals surface area contributed by atoms with Crippen LogP contribution in [0.2, 0.25) is 0 Å². The molecule has 1 saturated carbocycles. The van der Waals surface area contributed by atoms with Gasteiger partial charge in [-0.3, -0.25) is 14.4 Å². The van der Waals surface area contributed by atoms with Crippen LogP contribution in [0.15, 0.2) is 30.3 Å². The fourth-order valence-corrected chi connectivity index (χ4v) is 3.81. The van der Waals surface area contributed by atoms with E-state index in [9.17, 15) is 14.4 Å². The molecule has 1 aromatic heterocycles. The Morgan fingerprint density at radius 2 is 1.62 bits per heavy atom. The van der Waals surface area contributed by atoms with Crippen molar-refractivity contribution in [2.75, 3.05) is 26.2 Å². The van der Waals surface area contributed by atoms with Crippen molar-refractivity contribution in [3.8, 4) is 0 Å². The number of nitrogens with zero attached hydrogens (tertiary/aromatic N) is 2. The van der Waals surface area contributed by atoms with Crippen molar-refractivity contribution in [1.82, 2.24) is 14.8 Å². The van der Waals surface area contributed by atoms with E-state index in [4.69, 9.17) is 5.11 Å². The van der Waals surface area contributed by atoms with Crippen molar-refractivity contribution >= 4 is 28.7 Å². The van der Waals surface area contributed by atoms with Gasteiger partial charge in [-0.1, -0.05) is 18.2 Å². The van der Waals surface area contributed by atoms with Gasteiger partial charge in [0.25, 0.3) is 5.91 Å². The number of benzene rings is 1. The van der Waals surface area contributed by atoms with E-state index >= 15 is 0 Å². The van der Waals surface area contributed by atoms with Crippen molar-refractivity contribution in [2.45, 2.75) is 12.8 Å². The Kier molecular flexibility index (Phi) is 4.14. The van der Waals surface area contributed by atoms with Gasteiger partial charge in [-0.25, -0.2) is 0 Å². The molecule has 0 radical (unpaired) electrons. The summed E-state index contributed by atoms with van der Waals surface area (Å²) in [5.41, 5.74) is 1.48. The largest absolute Gasteiger partial charge is 0.481 e. The quantitative estimate of drug-likeness (QED) is 0.874. The van der Waals surface area contributed by atoms with Crippen molar-refractivity contribution in [2.24, 2.45) is 11.8 Å². The summed E-state index contributed by atoms with van der Waals surface area (Å²) in [5.74, 6) is -1.99. The molecule has 2 N–H and O–H groups in total. The number of rotatable bonds is 3. The molecule has 2 aromatic rings. The summed E-state index contributed by atoms with van der Waals surface area (Å²) in [4.78, 5) is 42.9. The van der Waals surface area contributed by atoms with Gasteiger partial charge in [-0.2, -0.15) is 0 Å². The van der Waals surface area contributed by atoms with Gasteiger partial charge in [-0.15, -0.1) is 0 Å². The summed E-state index contributed by atoms with van der Waals surface area (Å²) >= 11 is 0. The van der Waals surface area contributed by atoms with Crippen LogP contribution >= 0.6 is 0 Å². The average Bonchev–Trinajstić information content (AvgIpc) is 3.04. The second-order valence-electron chi connectivity index (χ2n) is 7.02. The molecule has 2 unspecified atom stereocenters. The van der Waals surface area contributed by atoms with E-state index in [-0.39, 0.29) is 11.8 Å². The van der Waals surface area contributed by atoms with Crippen molar-refractivity contribution in [3.05, 3.63) is 36.0 Å². The van der Waals surface area contributed by atoms with Crippen LogP contribution in [0, 0.1) is 11.8 Å². The first-order chi connectivity index (χ1) is 12.5. The van der Waals surface area contributed by atoms with Crippen LogP contribution in [-0.4, -0.2) is 63.9 Å². The average molecular weight is 355 g/mol. The highest BCUT2D eigenvalue weighted by Crippen LogP contribution is 2.36. The summed E-state index contributed by atoms with van der Waals surface area (Å²) in [7, 11) is 0. The predicted molar refractivity (Wildman–Crippen MR) is 94.6 cm³/mol. The molecule has 1 aliphatic heterocycles. The molecule has 2 fully saturated rings. The molecule has 2 aliphatic rings. The first-order valence-corrected chi connectivity index (χ1v) is 8.93. The first-order valence-electron chi connectivity index (χ1n) is 8.93. The molecular formula is C19H21N3O4. The maximum atomic E-state index is 12.7. The highest BCUT2D eigenvalue weighted by atomic mass is 16.4. The minimum atomic E-state index is -0.887. The lowest BCUT2D eigenvalue weighted by molar-refractivity contribution is -0.157. The fourth-order valence-electron chi connectivity index (χ4n) is 3.81. The van der Waals surface area contributed by atoms with E-state index in [1.165, 1.54) is 0 Å². The standard InChI is InChI=1S/C19H21N3O4/c23-17(13-5-6-14(13)19(25)26)21-7-9-22(10-8-21)18(24)16-11-12-3-1-2-4-15(12)20-16/h1-4,11,13-14,20H,5-10H2,(H,25,26). The van der Waals surface area contributed by atoms with Gasteiger partial charge < -0.3 is 19.9 Å². The molecule has 2 heterocycles. The molecule has 2 amide bonds. The number of aliphatic carboxylic acids is 1. The third kappa shape index (κ3) is 2.83. The van der Waals surface area contributed by atoms with Gasteiger partial charge in [-0.05, 0) is 25.0 Å². The van der Waals surface area contributed by atoms with Crippen molar-refractivity contribution < 1.29 is 19.5 Å². The third-order valence-corrected chi connectivity index (χ3v) is 5.55. The number of fused-ring (bicyclic) bond motifs is 1. The number of piperazine rings is 1. The number of carbonyl (C=O) groups is 3. The molecular weight excluding hydrogens is 334 g/mol. The zero-order valence-corrected chi connectivity index (χ0v) is 14.4. The van der Waals surface area contributed by atoms with Gasteiger partial charge in [0.05, 0.1) is 11.8 Å². The van der Waals surface area contributed by atoms with Crippen molar-refractivity contribution in [1.29, 1.82) is 0 Å². The van der Waals surface area contributed by atoms with Gasteiger partial charge in [0.2, 0.25) is 5.91 Å². The first kappa shape index (κ1) is 16.6. The lowest BCUT2D eigenvalue weighted by atomic mass is 9.73. The second kappa shape index (κ2) is 6.48. The number of carboxylic acid groups (broad SMARTS) is 1. The Balaban J connectivity index is 1.38. The number of H-pyrrole nitrogens is 1. The molecule has 0 bridgehead atoms. The summed E-state index contributed by atoms with van der Waals surface area (Å²) in [6.45, 7) is 1.83. The van der Waals surface area contributed by atoms with Crippen LogP contribution in [-0.2, 0) is 9.59 Å². The number of nitrogens with one attached hydrogen (secondary N) is 1. The van der Waals surface area contributed by atoms with Gasteiger partial charge in [0, 0.05) is 37.1 Å². The normalized spacial score (nSPS) is 22.9. The van der Waals surface area contributed by atoms with E-state index in [0.717, 1.165) is 10.9 Å². The number of hydrogen-bond acceptors (Lipinski definition) is 3.